The third kappa shape index (κ3) is 4.65. The van der Waals surface area contributed by atoms with Crippen molar-refractivity contribution in [1.82, 2.24) is 14.9 Å². The number of ether oxygens (including phenoxy) is 1. The van der Waals surface area contributed by atoms with E-state index in [1.54, 1.807) is 14.1 Å². The van der Waals surface area contributed by atoms with Crippen LogP contribution in [0.4, 0.5) is 10.3 Å². The van der Waals surface area contributed by atoms with Crippen molar-refractivity contribution in [1.29, 1.82) is 0 Å². The van der Waals surface area contributed by atoms with Crippen LogP contribution in [0.5, 0.6) is 5.75 Å². The van der Waals surface area contributed by atoms with E-state index >= 15 is 0 Å². The van der Waals surface area contributed by atoms with Gasteiger partial charge in [-0.05, 0) is 12.5 Å². The molecule has 0 radical (unpaired) electrons. The van der Waals surface area contributed by atoms with Gasteiger partial charge in [-0.3, -0.25) is 4.79 Å². The zero-order valence-corrected chi connectivity index (χ0v) is 14.0. The number of halogens is 1. The number of nitrogens with zero attached hydrogens (tertiary/aromatic N) is 3. The lowest BCUT2D eigenvalue weighted by Crippen LogP contribution is -2.28. The van der Waals surface area contributed by atoms with Crippen molar-refractivity contribution in [3.8, 4) is 5.75 Å². The van der Waals surface area contributed by atoms with Gasteiger partial charge in [0, 0.05) is 19.7 Å². The number of nitrogens with one attached hydrogen (secondary N) is 1. The summed E-state index contributed by atoms with van der Waals surface area (Å²) in [5, 5.41) is 3.16. The average molecular weight is 332 g/mol. The lowest BCUT2D eigenvalue weighted by molar-refractivity contribution is -0.130. The predicted octanol–water partition coefficient (Wildman–Crippen LogP) is 2.65. The molecule has 24 heavy (non-hydrogen) atoms. The highest BCUT2D eigenvalue weighted by Gasteiger charge is 2.16. The Kier molecular flexibility index (Phi) is 6.06. The molecule has 1 atom stereocenters. The first-order valence-electron chi connectivity index (χ1n) is 7.67. The summed E-state index contributed by atoms with van der Waals surface area (Å²) in [5.41, 5.74) is 0.888. The standard InChI is InChI=1S/C17H21FN4O2/c1-4-14(21-17-19-9-12(18)10-20-17)13-7-5-6-8-15(13)24-11-16(23)22(2)3/h5-10,14H,4,11H2,1-3H3,(H,19,20,21)/t14-/m1/s1. The summed E-state index contributed by atoms with van der Waals surface area (Å²) in [6.45, 7) is 1.97. The summed E-state index contributed by atoms with van der Waals surface area (Å²) >= 11 is 0. The van der Waals surface area contributed by atoms with Crippen LogP contribution in [0.25, 0.3) is 0 Å². The lowest BCUT2D eigenvalue weighted by Gasteiger charge is -2.21. The Balaban J connectivity index is 2.15. The van der Waals surface area contributed by atoms with Crippen molar-refractivity contribution in [2.45, 2.75) is 19.4 Å². The van der Waals surface area contributed by atoms with Crippen LogP contribution in [0.2, 0.25) is 0 Å². The molecule has 0 bridgehead atoms. The van der Waals surface area contributed by atoms with Crippen molar-refractivity contribution < 1.29 is 13.9 Å². The van der Waals surface area contributed by atoms with Gasteiger partial charge in [-0.2, -0.15) is 0 Å². The van der Waals surface area contributed by atoms with Crippen LogP contribution in [-0.4, -0.2) is 41.5 Å². The molecule has 0 spiro atoms. The van der Waals surface area contributed by atoms with Crippen LogP contribution in [-0.2, 0) is 4.79 Å². The topological polar surface area (TPSA) is 67.4 Å². The zero-order valence-electron chi connectivity index (χ0n) is 14.0. The molecule has 0 aliphatic heterocycles. The summed E-state index contributed by atoms with van der Waals surface area (Å²) in [7, 11) is 3.36. The fourth-order valence-electron chi connectivity index (χ4n) is 2.11. The van der Waals surface area contributed by atoms with Gasteiger partial charge in [0.05, 0.1) is 18.4 Å². The molecule has 0 aliphatic carbocycles. The Morgan fingerprint density at radius 3 is 2.58 bits per heavy atom. The minimum absolute atomic E-state index is 0.0342. The lowest BCUT2D eigenvalue weighted by atomic mass is 10.0. The highest BCUT2D eigenvalue weighted by Crippen LogP contribution is 2.29. The summed E-state index contributed by atoms with van der Waals surface area (Å²) in [4.78, 5) is 21.0. The second-order valence-electron chi connectivity index (χ2n) is 5.44. The molecule has 2 rings (SSSR count). The van der Waals surface area contributed by atoms with E-state index in [1.807, 2.05) is 31.2 Å². The maximum atomic E-state index is 12.9. The van der Waals surface area contributed by atoms with E-state index in [-0.39, 0.29) is 18.6 Å². The Morgan fingerprint density at radius 2 is 1.96 bits per heavy atom. The molecule has 0 saturated heterocycles. The average Bonchev–Trinajstić information content (AvgIpc) is 2.59. The maximum Gasteiger partial charge on any atom is 0.259 e. The first-order chi connectivity index (χ1) is 11.5. The molecule has 0 fully saturated rings. The van der Waals surface area contributed by atoms with Crippen molar-refractivity contribution >= 4 is 11.9 Å². The van der Waals surface area contributed by atoms with Gasteiger partial charge in [0.2, 0.25) is 5.95 Å². The molecule has 6 nitrogen and oxygen atoms in total. The molecule has 0 aliphatic rings. The van der Waals surface area contributed by atoms with E-state index in [0.29, 0.717) is 11.7 Å². The van der Waals surface area contributed by atoms with E-state index in [0.717, 1.165) is 24.4 Å². The third-order valence-corrected chi connectivity index (χ3v) is 3.48. The van der Waals surface area contributed by atoms with Gasteiger partial charge in [0.15, 0.2) is 12.4 Å². The molecule has 1 aromatic heterocycles. The molecule has 1 N–H and O–H groups in total. The summed E-state index contributed by atoms with van der Waals surface area (Å²) in [6.07, 6.45) is 2.96. The van der Waals surface area contributed by atoms with Gasteiger partial charge >= 0.3 is 0 Å². The number of aromatic nitrogens is 2. The van der Waals surface area contributed by atoms with Crippen LogP contribution in [0.3, 0.4) is 0 Å². The van der Waals surface area contributed by atoms with E-state index < -0.39 is 5.82 Å². The largest absolute Gasteiger partial charge is 0.483 e. The van der Waals surface area contributed by atoms with Crippen LogP contribution in [0, 0.1) is 5.82 Å². The summed E-state index contributed by atoms with van der Waals surface area (Å²) in [5.74, 6) is 0.351. The van der Waals surface area contributed by atoms with Gasteiger partial charge in [0.1, 0.15) is 5.75 Å². The second kappa shape index (κ2) is 8.24. The monoisotopic (exact) mass is 332 g/mol. The molecule has 0 saturated carbocycles. The van der Waals surface area contributed by atoms with Crippen LogP contribution in [0.15, 0.2) is 36.7 Å². The van der Waals surface area contributed by atoms with Gasteiger partial charge in [0.25, 0.3) is 5.91 Å². The van der Waals surface area contributed by atoms with Crippen LogP contribution >= 0.6 is 0 Å². The molecule has 1 aromatic carbocycles. The SMILES string of the molecule is CC[C@@H](Nc1ncc(F)cn1)c1ccccc1OCC(=O)N(C)C. The van der Waals surface area contributed by atoms with Gasteiger partial charge in [-0.25, -0.2) is 14.4 Å². The summed E-state index contributed by atoms with van der Waals surface area (Å²) in [6, 6.07) is 7.35. The van der Waals surface area contributed by atoms with E-state index in [2.05, 4.69) is 15.3 Å². The smallest absolute Gasteiger partial charge is 0.259 e. The van der Waals surface area contributed by atoms with Gasteiger partial charge in [-0.15, -0.1) is 0 Å². The first-order valence-corrected chi connectivity index (χ1v) is 7.67. The second-order valence-corrected chi connectivity index (χ2v) is 5.44. The van der Waals surface area contributed by atoms with Crippen molar-refractivity contribution in [2.24, 2.45) is 0 Å². The quantitative estimate of drug-likeness (QED) is 0.844. The zero-order chi connectivity index (χ0) is 17.5. The molecule has 1 amide bonds. The normalized spacial score (nSPS) is 11.7. The fraction of sp³-hybridized carbons (Fsp3) is 0.353. The number of hydrogen-bond acceptors (Lipinski definition) is 5. The number of rotatable bonds is 7. The van der Waals surface area contributed by atoms with Crippen molar-refractivity contribution in [2.75, 3.05) is 26.0 Å². The molecule has 2 aromatic rings. The summed E-state index contributed by atoms with van der Waals surface area (Å²) < 4.78 is 18.6. The molecular formula is C17H21FN4O2. The Morgan fingerprint density at radius 1 is 1.29 bits per heavy atom. The highest BCUT2D eigenvalue weighted by atomic mass is 19.1. The van der Waals surface area contributed by atoms with Crippen molar-refractivity contribution in [3.05, 3.63) is 48.0 Å². The van der Waals surface area contributed by atoms with E-state index in [9.17, 15) is 9.18 Å². The van der Waals surface area contributed by atoms with Crippen LogP contribution in [0.1, 0.15) is 24.9 Å². The number of hydrogen-bond donors (Lipinski definition) is 1. The highest BCUT2D eigenvalue weighted by molar-refractivity contribution is 5.77. The minimum Gasteiger partial charge on any atom is -0.483 e. The molecule has 0 unspecified atom stereocenters. The molecule has 7 heteroatoms. The van der Waals surface area contributed by atoms with E-state index in [4.69, 9.17) is 4.74 Å². The number of amides is 1. The Bertz CT molecular complexity index is 677. The third-order valence-electron chi connectivity index (χ3n) is 3.48. The Labute approximate surface area is 140 Å². The molecule has 128 valence electrons. The maximum absolute atomic E-state index is 12.9. The fourth-order valence-corrected chi connectivity index (χ4v) is 2.11. The minimum atomic E-state index is -0.487. The van der Waals surface area contributed by atoms with Crippen LogP contribution < -0.4 is 10.1 Å². The number of carbonyl (C=O) groups excluding carboxylic acids is 1. The number of likely N-dealkylation sites (N-methyl/N-ethyl adjacent to an activating group) is 1. The first kappa shape index (κ1) is 17.7. The number of benzene rings is 1. The van der Waals surface area contributed by atoms with E-state index in [1.165, 1.54) is 4.90 Å². The number of para-hydroxylation sites is 1. The van der Waals surface area contributed by atoms with Crippen molar-refractivity contribution in [3.63, 3.8) is 0 Å². The number of carbonyl (C=O) groups is 1. The number of anilines is 1. The Hall–Kier alpha value is -2.70. The van der Waals surface area contributed by atoms with Gasteiger partial charge in [-0.1, -0.05) is 25.1 Å². The predicted molar refractivity (Wildman–Crippen MR) is 89.3 cm³/mol. The molecular weight excluding hydrogens is 311 g/mol. The molecule has 1 heterocycles. The van der Waals surface area contributed by atoms with Gasteiger partial charge < -0.3 is 15.0 Å².